The van der Waals surface area contributed by atoms with Gasteiger partial charge in [-0.15, -0.1) is 0 Å². The standard InChI is InChI=1S/C6H12N2O/c1-3-5(7)8-6(9)4-2/h4-5H,2-3,7H2,1H3,(H,8,9). The van der Waals surface area contributed by atoms with Crippen molar-refractivity contribution in [2.45, 2.75) is 19.5 Å². The topological polar surface area (TPSA) is 55.1 Å². The van der Waals surface area contributed by atoms with E-state index in [9.17, 15) is 4.79 Å². The van der Waals surface area contributed by atoms with Crippen LogP contribution in [-0.4, -0.2) is 12.1 Å². The lowest BCUT2D eigenvalue weighted by Crippen LogP contribution is -2.39. The molecule has 52 valence electrons. The zero-order chi connectivity index (χ0) is 7.28. The Morgan fingerprint density at radius 3 is 2.89 bits per heavy atom. The highest BCUT2D eigenvalue weighted by Gasteiger charge is 1.98. The average Bonchev–Trinajstić information content (AvgIpc) is 1.87. The molecule has 0 aliphatic heterocycles. The molecule has 3 nitrogen and oxygen atoms in total. The smallest absolute Gasteiger partial charge is 0.244 e. The fraction of sp³-hybridized carbons (Fsp3) is 0.500. The second-order valence-electron chi connectivity index (χ2n) is 1.73. The molecule has 1 atom stereocenters. The Morgan fingerprint density at radius 1 is 2.00 bits per heavy atom. The average molecular weight is 128 g/mol. The van der Waals surface area contributed by atoms with E-state index in [0.717, 1.165) is 6.42 Å². The first-order valence-corrected chi connectivity index (χ1v) is 2.89. The lowest BCUT2D eigenvalue weighted by atomic mass is 10.4. The number of rotatable bonds is 3. The van der Waals surface area contributed by atoms with Gasteiger partial charge in [0, 0.05) is 0 Å². The van der Waals surface area contributed by atoms with Crippen LogP contribution >= 0.6 is 0 Å². The van der Waals surface area contributed by atoms with Crippen molar-refractivity contribution in [2.24, 2.45) is 5.73 Å². The van der Waals surface area contributed by atoms with Gasteiger partial charge in [0.25, 0.3) is 0 Å². The maximum Gasteiger partial charge on any atom is 0.244 e. The number of hydrogen-bond acceptors (Lipinski definition) is 2. The maximum absolute atomic E-state index is 10.5. The van der Waals surface area contributed by atoms with E-state index in [1.807, 2.05) is 6.92 Å². The van der Waals surface area contributed by atoms with E-state index in [4.69, 9.17) is 5.73 Å². The van der Waals surface area contributed by atoms with E-state index < -0.39 is 0 Å². The molecule has 0 radical (unpaired) electrons. The number of amides is 1. The molecule has 1 amide bonds. The predicted molar refractivity (Wildman–Crippen MR) is 36.6 cm³/mol. The lowest BCUT2D eigenvalue weighted by Gasteiger charge is -2.07. The lowest BCUT2D eigenvalue weighted by molar-refractivity contribution is -0.117. The molecule has 0 aromatic heterocycles. The summed E-state index contributed by atoms with van der Waals surface area (Å²) in [5.74, 6) is -0.218. The third kappa shape index (κ3) is 3.73. The van der Waals surface area contributed by atoms with E-state index in [2.05, 4.69) is 11.9 Å². The van der Waals surface area contributed by atoms with Gasteiger partial charge in [0.1, 0.15) is 0 Å². The zero-order valence-corrected chi connectivity index (χ0v) is 5.55. The molecule has 0 aliphatic rings. The summed E-state index contributed by atoms with van der Waals surface area (Å²) >= 11 is 0. The highest BCUT2D eigenvalue weighted by atomic mass is 16.1. The summed E-state index contributed by atoms with van der Waals surface area (Å²) in [4.78, 5) is 10.5. The SMILES string of the molecule is C=CC(=O)NC(N)CC. The van der Waals surface area contributed by atoms with Crippen LogP contribution in [0.25, 0.3) is 0 Å². The molecule has 0 saturated carbocycles. The van der Waals surface area contributed by atoms with Gasteiger partial charge < -0.3 is 11.1 Å². The molecule has 0 heterocycles. The molecule has 0 aliphatic carbocycles. The Morgan fingerprint density at radius 2 is 2.56 bits per heavy atom. The van der Waals surface area contributed by atoms with Crippen LogP contribution in [-0.2, 0) is 4.79 Å². The molecule has 9 heavy (non-hydrogen) atoms. The number of carbonyl (C=O) groups excluding carboxylic acids is 1. The summed E-state index contributed by atoms with van der Waals surface area (Å²) in [6.07, 6.45) is 1.70. The van der Waals surface area contributed by atoms with Gasteiger partial charge in [-0.3, -0.25) is 4.79 Å². The summed E-state index contributed by atoms with van der Waals surface area (Å²) in [6, 6.07) is 0. The second-order valence-corrected chi connectivity index (χ2v) is 1.73. The van der Waals surface area contributed by atoms with Crippen LogP contribution in [0.15, 0.2) is 12.7 Å². The van der Waals surface area contributed by atoms with Gasteiger partial charge in [0.15, 0.2) is 0 Å². The molecule has 0 saturated heterocycles. The van der Waals surface area contributed by atoms with E-state index in [0.29, 0.717) is 0 Å². The van der Waals surface area contributed by atoms with Crippen LogP contribution in [0.4, 0.5) is 0 Å². The molecule has 0 aromatic rings. The van der Waals surface area contributed by atoms with Gasteiger partial charge in [0.2, 0.25) is 5.91 Å². The van der Waals surface area contributed by atoms with Gasteiger partial charge in [-0.2, -0.15) is 0 Å². The first-order valence-electron chi connectivity index (χ1n) is 2.89. The van der Waals surface area contributed by atoms with Crippen molar-refractivity contribution in [2.75, 3.05) is 0 Å². The third-order valence-corrected chi connectivity index (χ3v) is 0.953. The van der Waals surface area contributed by atoms with Crippen LogP contribution in [0.2, 0.25) is 0 Å². The number of nitrogens with one attached hydrogen (secondary N) is 1. The molecule has 3 heteroatoms. The molecule has 1 unspecified atom stereocenters. The van der Waals surface area contributed by atoms with Crippen molar-refractivity contribution >= 4 is 5.91 Å². The van der Waals surface area contributed by atoms with Crippen molar-refractivity contribution in [3.63, 3.8) is 0 Å². The van der Waals surface area contributed by atoms with E-state index in [-0.39, 0.29) is 12.1 Å². The molecular weight excluding hydrogens is 116 g/mol. The first-order chi connectivity index (χ1) is 4.20. The van der Waals surface area contributed by atoms with Crippen LogP contribution in [0.1, 0.15) is 13.3 Å². The fourth-order valence-corrected chi connectivity index (χ4v) is 0.344. The minimum absolute atomic E-state index is 0.218. The minimum atomic E-state index is -0.240. The Labute approximate surface area is 54.9 Å². The fourth-order valence-electron chi connectivity index (χ4n) is 0.344. The quantitative estimate of drug-likeness (QED) is 0.414. The van der Waals surface area contributed by atoms with E-state index >= 15 is 0 Å². The van der Waals surface area contributed by atoms with Gasteiger partial charge in [-0.25, -0.2) is 0 Å². The molecule has 0 bridgehead atoms. The Kier molecular flexibility index (Phi) is 3.71. The molecule has 3 N–H and O–H groups in total. The van der Waals surface area contributed by atoms with E-state index in [1.54, 1.807) is 0 Å². The highest BCUT2D eigenvalue weighted by molar-refractivity contribution is 5.86. The summed E-state index contributed by atoms with van der Waals surface area (Å²) in [5, 5.41) is 2.50. The monoisotopic (exact) mass is 128 g/mol. The van der Waals surface area contributed by atoms with E-state index in [1.165, 1.54) is 6.08 Å². The molecule has 0 aromatic carbocycles. The van der Waals surface area contributed by atoms with Gasteiger partial charge in [-0.1, -0.05) is 13.5 Å². The second kappa shape index (κ2) is 4.09. The molecule has 0 spiro atoms. The summed E-state index contributed by atoms with van der Waals surface area (Å²) in [5.41, 5.74) is 5.37. The first kappa shape index (κ1) is 8.17. The molecular formula is C6H12N2O. The normalized spacial score (nSPS) is 12.2. The number of nitrogens with two attached hydrogens (primary N) is 1. The minimum Gasteiger partial charge on any atom is -0.337 e. The van der Waals surface area contributed by atoms with Crippen molar-refractivity contribution in [3.05, 3.63) is 12.7 Å². The maximum atomic E-state index is 10.5. The van der Waals surface area contributed by atoms with Gasteiger partial charge in [-0.05, 0) is 12.5 Å². The number of hydrogen-bond donors (Lipinski definition) is 2. The highest BCUT2D eigenvalue weighted by Crippen LogP contribution is 1.79. The molecule has 0 rings (SSSR count). The third-order valence-electron chi connectivity index (χ3n) is 0.953. The summed E-state index contributed by atoms with van der Waals surface area (Å²) < 4.78 is 0. The number of carbonyl (C=O) groups is 1. The predicted octanol–water partition coefficient (Wildman–Crippen LogP) is -0.0166. The Bertz CT molecular complexity index is 112. The van der Waals surface area contributed by atoms with Gasteiger partial charge >= 0.3 is 0 Å². The van der Waals surface area contributed by atoms with Crippen LogP contribution in [0.5, 0.6) is 0 Å². The Balaban J connectivity index is 3.46. The van der Waals surface area contributed by atoms with Crippen LogP contribution in [0, 0.1) is 0 Å². The zero-order valence-electron chi connectivity index (χ0n) is 5.55. The van der Waals surface area contributed by atoms with Crippen LogP contribution in [0.3, 0.4) is 0 Å². The molecule has 0 fully saturated rings. The van der Waals surface area contributed by atoms with Crippen LogP contribution < -0.4 is 11.1 Å². The van der Waals surface area contributed by atoms with Crippen molar-refractivity contribution in [3.8, 4) is 0 Å². The van der Waals surface area contributed by atoms with Crippen molar-refractivity contribution in [1.82, 2.24) is 5.32 Å². The van der Waals surface area contributed by atoms with Crippen molar-refractivity contribution in [1.29, 1.82) is 0 Å². The summed E-state index contributed by atoms with van der Waals surface area (Å²) in [7, 11) is 0. The Hall–Kier alpha value is -0.830. The largest absolute Gasteiger partial charge is 0.337 e. The van der Waals surface area contributed by atoms with Gasteiger partial charge in [0.05, 0.1) is 6.17 Å². The summed E-state index contributed by atoms with van der Waals surface area (Å²) in [6.45, 7) is 5.18. The van der Waals surface area contributed by atoms with Crippen molar-refractivity contribution < 1.29 is 4.79 Å².